The summed E-state index contributed by atoms with van der Waals surface area (Å²) in [6, 6.07) is 10.00. The van der Waals surface area contributed by atoms with Gasteiger partial charge in [0, 0.05) is 24.0 Å². The van der Waals surface area contributed by atoms with Gasteiger partial charge in [0.25, 0.3) is 0 Å². The summed E-state index contributed by atoms with van der Waals surface area (Å²) in [6.45, 7) is 6.33. The second-order valence-electron chi connectivity index (χ2n) is 9.61. The molecule has 0 spiro atoms. The van der Waals surface area contributed by atoms with Gasteiger partial charge in [-0.3, -0.25) is 0 Å². The highest BCUT2D eigenvalue weighted by atomic mass is 32.1. The molecular weight excluding hydrogens is 424 g/mol. The van der Waals surface area contributed by atoms with E-state index < -0.39 is 35.4 Å². The Morgan fingerprint density at radius 1 is 1.34 bits per heavy atom. The van der Waals surface area contributed by atoms with Crippen molar-refractivity contribution in [3.8, 4) is 11.3 Å². The van der Waals surface area contributed by atoms with Crippen molar-refractivity contribution in [2.24, 2.45) is 5.92 Å². The summed E-state index contributed by atoms with van der Waals surface area (Å²) in [4.78, 5) is 6.96. The van der Waals surface area contributed by atoms with Crippen molar-refractivity contribution in [1.29, 1.82) is 0 Å². The van der Waals surface area contributed by atoms with Crippen molar-refractivity contribution in [1.82, 2.24) is 4.98 Å². The molecule has 3 N–H and O–H groups in total. The van der Waals surface area contributed by atoms with Crippen LogP contribution < -0.4 is 4.90 Å². The van der Waals surface area contributed by atoms with Gasteiger partial charge < -0.3 is 25.0 Å². The van der Waals surface area contributed by atoms with E-state index in [9.17, 15) is 15.3 Å². The van der Waals surface area contributed by atoms with Gasteiger partial charge in [-0.05, 0) is 40.0 Å². The minimum atomic E-state index is -1.08. The van der Waals surface area contributed by atoms with E-state index >= 15 is 0 Å². The van der Waals surface area contributed by atoms with Gasteiger partial charge in [-0.25, -0.2) is 4.98 Å². The monoisotopic (exact) mass is 458 g/mol. The molecule has 0 radical (unpaired) electrons. The number of thiazole rings is 1. The number of anilines is 1. The molecule has 6 nitrogen and oxygen atoms in total. The molecule has 6 atom stereocenters. The lowest BCUT2D eigenvalue weighted by atomic mass is 9.65. The molecule has 1 aromatic carbocycles. The molecule has 2 aliphatic rings. The summed E-state index contributed by atoms with van der Waals surface area (Å²) in [5.74, 6) is -0.464. The predicted octanol–water partition coefficient (Wildman–Crippen LogP) is 3.62. The molecule has 4 rings (SSSR count). The van der Waals surface area contributed by atoms with Crippen LogP contribution >= 0.6 is 11.3 Å². The number of benzene rings is 1. The van der Waals surface area contributed by atoms with Gasteiger partial charge >= 0.3 is 0 Å². The topological polar surface area (TPSA) is 86.0 Å². The number of allylic oxidation sites excluding steroid dienone is 1. The first-order valence-electron chi connectivity index (χ1n) is 11.2. The molecule has 174 valence electrons. The number of hydrogen-bond acceptors (Lipinski definition) is 7. The van der Waals surface area contributed by atoms with Crippen molar-refractivity contribution < 1.29 is 20.1 Å². The van der Waals surface area contributed by atoms with E-state index in [1.165, 1.54) is 11.3 Å². The number of aliphatic hydroxyl groups is 3. The number of aliphatic hydroxyl groups excluding tert-OH is 2. The van der Waals surface area contributed by atoms with E-state index in [0.29, 0.717) is 25.8 Å². The summed E-state index contributed by atoms with van der Waals surface area (Å²) in [7, 11) is 1.57. The van der Waals surface area contributed by atoms with Gasteiger partial charge in [-0.1, -0.05) is 42.0 Å². The van der Waals surface area contributed by atoms with Gasteiger partial charge in [-0.2, -0.15) is 0 Å². The van der Waals surface area contributed by atoms with Gasteiger partial charge in [0.2, 0.25) is 0 Å². The van der Waals surface area contributed by atoms with E-state index in [4.69, 9.17) is 9.72 Å². The lowest BCUT2D eigenvalue weighted by molar-refractivity contribution is -0.164. The summed E-state index contributed by atoms with van der Waals surface area (Å²) >= 11 is 1.51. The zero-order valence-electron chi connectivity index (χ0n) is 19.2. The van der Waals surface area contributed by atoms with Gasteiger partial charge in [0.15, 0.2) is 5.13 Å². The molecule has 0 bridgehead atoms. The average Bonchev–Trinajstić information content (AvgIpc) is 3.35. The van der Waals surface area contributed by atoms with Gasteiger partial charge in [0.1, 0.15) is 0 Å². The maximum atomic E-state index is 11.8. The van der Waals surface area contributed by atoms with E-state index in [1.807, 2.05) is 62.6 Å². The molecule has 2 fully saturated rings. The van der Waals surface area contributed by atoms with Gasteiger partial charge in [0.05, 0.1) is 41.7 Å². The fourth-order valence-corrected chi connectivity index (χ4v) is 6.53. The van der Waals surface area contributed by atoms with Crippen LogP contribution in [0.25, 0.3) is 11.3 Å². The second-order valence-corrected chi connectivity index (χ2v) is 10.5. The van der Waals surface area contributed by atoms with E-state index in [0.717, 1.165) is 22.0 Å². The first-order valence-corrected chi connectivity index (χ1v) is 12.1. The number of β-amino-alcohol motifs (C(OH)–C–C–N with tert-alkyl or cyclic N) is 1. The van der Waals surface area contributed by atoms with Crippen molar-refractivity contribution in [2.45, 2.75) is 69.5 Å². The van der Waals surface area contributed by atoms with E-state index in [2.05, 4.69) is 4.90 Å². The number of methoxy groups -OCH3 is 1. The number of nitrogens with zero attached hydrogens (tertiary/aromatic N) is 2. The Morgan fingerprint density at radius 2 is 2.06 bits per heavy atom. The predicted molar refractivity (Wildman–Crippen MR) is 128 cm³/mol. The summed E-state index contributed by atoms with van der Waals surface area (Å²) in [5, 5.41) is 36.8. The molecule has 2 heterocycles. The minimum absolute atomic E-state index is 0.342. The van der Waals surface area contributed by atoms with Crippen molar-refractivity contribution in [3.63, 3.8) is 0 Å². The second kappa shape index (κ2) is 8.88. The van der Waals surface area contributed by atoms with Crippen LogP contribution in [0.3, 0.4) is 0 Å². The molecule has 1 aliphatic heterocycles. The Morgan fingerprint density at radius 3 is 2.72 bits per heavy atom. The standard InChI is InChI=1S/C25H34N2O4S/c1-16(2)10-11-20(29)24(3)22-21(31-4)19(28)12-13-25(22,30)15-27(24)23-26-18(14-32-23)17-8-6-5-7-9-17/h5-10,14,19-22,28-30H,11-13,15H2,1-4H3/t19-,20-,21-,22-,24-,25+/m1/s1. The van der Waals surface area contributed by atoms with E-state index in [1.54, 1.807) is 7.11 Å². The molecule has 1 saturated heterocycles. The number of fused-ring (bicyclic) bond motifs is 1. The molecule has 7 heteroatoms. The van der Waals surface area contributed by atoms with Crippen molar-refractivity contribution >= 4 is 16.5 Å². The van der Waals surface area contributed by atoms with Crippen molar-refractivity contribution in [3.05, 3.63) is 47.4 Å². The summed E-state index contributed by atoms with van der Waals surface area (Å²) in [5.41, 5.74) is 1.08. The molecule has 0 unspecified atom stereocenters. The molecule has 1 saturated carbocycles. The lowest BCUT2D eigenvalue weighted by Crippen LogP contribution is -2.63. The van der Waals surface area contributed by atoms with Crippen LogP contribution in [0.4, 0.5) is 5.13 Å². The Balaban J connectivity index is 1.78. The lowest BCUT2D eigenvalue weighted by Gasteiger charge is -2.49. The molecule has 0 amide bonds. The summed E-state index contributed by atoms with van der Waals surface area (Å²) < 4.78 is 5.73. The highest BCUT2D eigenvalue weighted by Gasteiger charge is 2.66. The third kappa shape index (κ3) is 3.90. The van der Waals surface area contributed by atoms with Crippen LogP contribution in [0.5, 0.6) is 0 Å². The number of hydrogen-bond donors (Lipinski definition) is 3. The van der Waals surface area contributed by atoms with E-state index in [-0.39, 0.29) is 0 Å². The zero-order chi connectivity index (χ0) is 23.1. The summed E-state index contributed by atoms with van der Waals surface area (Å²) in [6.07, 6.45) is 1.36. The molecule has 1 aromatic heterocycles. The highest BCUT2D eigenvalue weighted by Crippen LogP contribution is 2.54. The Labute approximate surface area is 194 Å². The Hall–Kier alpha value is -1.77. The molecule has 1 aliphatic carbocycles. The third-order valence-electron chi connectivity index (χ3n) is 7.29. The largest absolute Gasteiger partial charge is 0.390 e. The minimum Gasteiger partial charge on any atom is -0.390 e. The first-order chi connectivity index (χ1) is 15.2. The van der Waals surface area contributed by atoms with Crippen LogP contribution in [0.15, 0.2) is 47.4 Å². The molecule has 32 heavy (non-hydrogen) atoms. The van der Waals surface area contributed by atoms with Crippen LogP contribution in [0.2, 0.25) is 0 Å². The number of ether oxygens (including phenoxy) is 1. The maximum absolute atomic E-state index is 11.8. The Bertz CT molecular complexity index is 960. The quantitative estimate of drug-likeness (QED) is 0.573. The zero-order valence-corrected chi connectivity index (χ0v) is 20.0. The fourth-order valence-electron chi connectivity index (χ4n) is 5.58. The Kier molecular flexibility index (Phi) is 6.49. The number of rotatable bonds is 6. The maximum Gasteiger partial charge on any atom is 0.186 e. The highest BCUT2D eigenvalue weighted by molar-refractivity contribution is 7.14. The van der Waals surface area contributed by atoms with Crippen LogP contribution in [0, 0.1) is 5.92 Å². The normalized spacial score (nSPS) is 33.1. The third-order valence-corrected chi connectivity index (χ3v) is 8.16. The van der Waals surface area contributed by atoms with Crippen LogP contribution in [-0.2, 0) is 4.74 Å². The SMILES string of the molecule is CO[C@@H]1[C@H](O)CC[C@]2(O)CN(c3nc(-c4ccccc4)cs3)[C@](C)([C@H](O)CC=C(C)C)[C@@H]12. The first kappa shape index (κ1) is 23.4. The molecular formula is C25H34N2O4S. The van der Waals surface area contributed by atoms with Gasteiger partial charge in [-0.15, -0.1) is 11.3 Å². The smallest absolute Gasteiger partial charge is 0.186 e. The molecule has 2 aromatic rings. The fraction of sp³-hybridized carbons (Fsp3) is 0.560. The van der Waals surface area contributed by atoms with Crippen molar-refractivity contribution in [2.75, 3.05) is 18.6 Å². The number of aromatic nitrogens is 1. The average molecular weight is 459 g/mol. The van der Waals surface area contributed by atoms with Crippen LogP contribution in [0.1, 0.15) is 40.0 Å². The van der Waals surface area contributed by atoms with Crippen LogP contribution in [-0.4, -0.2) is 63.4 Å².